The summed E-state index contributed by atoms with van der Waals surface area (Å²) in [5, 5.41) is 3.47. The lowest BCUT2D eigenvalue weighted by atomic mass is 9.84. The Morgan fingerprint density at radius 3 is 2.76 bits per heavy atom. The molecule has 0 aliphatic carbocycles. The molecule has 96 valence electrons. The van der Waals surface area contributed by atoms with E-state index in [2.05, 4.69) is 12.2 Å². The van der Waals surface area contributed by atoms with Gasteiger partial charge in [0.05, 0.1) is 17.9 Å². The normalized spacial score (nSPS) is 21.3. The molecule has 0 amide bonds. The van der Waals surface area contributed by atoms with Gasteiger partial charge >= 0.3 is 0 Å². The van der Waals surface area contributed by atoms with Crippen LogP contribution in [0.2, 0.25) is 0 Å². The Bertz CT molecular complexity index is 317. The molecule has 0 spiro atoms. The highest BCUT2D eigenvalue weighted by atomic mass is 16.5. The van der Waals surface area contributed by atoms with Crippen LogP contribution in [0.4, 0.5) is 0 Å². The maximum absolute atomic E-state index is 5.81. The Morgan fingerprint density at radius 1 is 1.47 bits per heavy atom. The molecule has 0 radical (unpaired) electrons. The molecule has 0 aromatic carbocycles. The van der Waals surface area contributed by atoms with Crippen LogP contribution >= 0.6 is 0 Å². The van der Waals surface area contributed by atoms with Crippen LogP contribution in [0.3, 0.4) is 0 Å². The highest BCUT2D eigenvalue weighted by Gasteiger charge is 2.42. The van der Waals surface area contributed by atoms with Crippen LogP contribution < -0.4 is 5.32 Å². The number of rotatable bonds is 5. The van der Waals surface area contributed by atoms with E-state index in [9.17, 15) is 0 Å². The van der Waals surface area contributed by atoms with Gasteiger partial charge in [0.2, 0.25) is 0 Å². The summed E-state index contributed by atoms with van der Waals surface area (Å²) in [4.78, 5) is 0. The van der Waals surface area contributed by atoms with Crippen LogP contribution in [0.25, 0.3) is 0 Å². The highest BCUT2D eigenvalue weighted by molar-refractivity contribution is 5.12. The molecule has 0 bridgehead atoms. The monoisotopic (exact) mass is 239 g/mol. The average molecular weight is 239 g/mol. The Morgan fingerprint density at radius 2 is 2.24 bits per heavy atom. The fourth-order valence-corrected chi connectivity index (χ4v) is 2.53. The van der Waals surface area contributed by atoms with Crippen molar-refractivity contribution in [1.82, 2.24) is 5.32 Å². The van der Waals surface area contributed by atoms with Crippen LogP contribution in [0.15, 0.2) is 22.8 Å². The zero-order chi connectivity index (χ0) is 12.1. The minimum absolute atomic E-state index is 0.0939. The number of hydrogen-bond acceptors (Lipinski definition) is 4. The molecule has 1 N–H and O–H groups in total. The summed E-state index contributed by atoms with van der Waals surface area (Å²) in [5.74, 6) is 0.940. The van der Waals surface area contributed by atoms with E-state index in [1.54, 1.807) is 13.4 Å². The van der Waals surface area contributed by atoms with Gasteiger partial charge in [-0.25, -0.2) is 0 Å². The predicted octanol–water partition coefficient (Wildman–Crippen LogP) is 2.13. The maximum Gasteiger partial charge on any atom is 0.123 e. The number of furan rings is 1. The SMILES string of the molecule is CCNC(c1ccco1)C1(OC)CCOCC1. The van der Waals surface area contributed by atoms with E-state index in [4.69, 9.17) is 13.9 Å². The molecule has 17 heavy (non-hydrogen) atoms. The fourth-order valence-electron chi connectivity index (χ4n) is 2.53. The molecule has 1 aromatic rings. The van der Waals surface area contributed by atoms with Crippen LogP contribution in [-0.2, 0) is 9.47 Å². The van der Waals surface area contributed by atoms with E-state index in [0.717, 1.165) is 38.4 Å². The second-order valence-corrected chi connectivity index (χ2v) is 4.39. The van der Waals surface area contributed by atoms with Crippen molar-refractivity contribution in [2.45, 2.75) is 31.4 Å². The largest absolute Gasteiger partial charge is 0.468 e. The molecule has 1 aliphatic rings. The standard InChI is InChI=1S/C13H21NO3/c1-3-14-12(11-5-4-8-17-11)13(15-2)6-9-16-10-7-13/h4-5,8,12,14H,3,6-7,9-10H2,1-2H3. The first-order valence-corrected chi connectivity index (χ1v) is 6.22. The predicted molar refractivity (Wildman–Crippen MR) is 64.9 cm³/mol. The molecule has 1 aliphatic heterocycles. The van der Waals surface area contributed by atoms with Gasteiger partial charge < -0.3 is 19.2 Å². The van der Waals surface area contributed by atoms with Crippen molar-refractivity contribution in [3.05, 3.63) is 24.2 Å². The van der Waals surface area contributed by atoms with Crippen molar-refractivity contribution in [3.8, 4) is 0 Å². The molecule has 1 saturated heterocycles. The van der Waals surface area contributed by atoms with Crippen LogP contribution in [-0.4, -0.2) is 32.5 Å². The van der Waals surface area contributed by atoms with Crippen molar-refractivity contribution >= 4 is 0 Å². The number of likely N-dealkylation sites (N-methyl/N-ethyl adjacent to an activating group) is 1. The van der Waals surface area contributed by atoms with E-state index in [-0.39, 0.29) is 11.6 Å². The molecule has 0 saturated carbocycles. The topological polar surface area (TPSA) is 43.6 Å². The lowest BCUT2D eigenvalue weighted by Crippen LogP contribution is -2.49. The minimum atomic E-state index is -0.216. The molecule has 1 unspecified atom stereocenters. The quantitative estimate of drug-likeness (QED) is 0.854. The second-order valence-electron chi connectivity index (χ2n) is 4.39. The molecule has 1 atom stereocenters. The second kappa shape index (κ2) is 5.67. The van der Waals surface area contributed by atoms with Gasteiger partial charge in [0, 0.05) is 33.2 Å². The third-order valence-electron chi connectivity index (χ3n) is 3.51. The molecule has 4 heteroatoms. The van der Waals surface area contributed by atoms with Crippen molar-refractivity contribution in [2.24, 2.45) is 0 Å². The Hall–Kier alpha value is -0.840. The number of nitrogens with one attached hydrogen (secondary N) is 1. The van der Waals surface area contributed by atoms with Crippen molar-refractivity contribution < 1.29 is 13.9 Å². The smallest absolute Gasteiger partial charge is 0.123 e. The third kappa shape index (κ3) is 2.54. The molecular weight excluding hydrogens is 218 g/mol. The van der Waals surface area contributed by atoms with Gasteiger partial charge in [-0.1, -0.05) is 6.92 Å². The van der Waals surface area contributed by atoms with Crippen molar-refractivity contribution in [3.63, 3.8) is 0 Å². The van der Waals surface area contributed by atoms with Gasteiger partial charge in [0.15, 0.2) is 0 Å². The number of methoxy groups -OCH3 is 1. The summed E-state index contributed by atoms with van der Waals surface area (Å²) in [6.07, 6.45) is 3.49. The van der Waals surface area contributed by atoms with Crippen LogP contribution in [0.5, 0.6) is 0 Å². The van der Waals surface area contributed by atoms with Gasteiger partial charge in [-0.2, -0.15) is 0 Å². The first-order valence-electron chi connectivity index (χ1n) is 6.22. The Balaban J connectivity index is 2.23. The van der Waals surface area contributed by atoms with Gasteiger partial charge in [0.1, 0.15) is 5.76 Å². The lowest BCUT2D eigenvalue weighted by Gasteiger charge is -2.41. The van der Waals surface area contributed by atoms with E-state index in [1.165, 1.54) is 0 Å². The lowest BCUT2D eigenvalue weighted by molar-refractivity contribution is -0.114. The summed E-state index contributed by atoms with van der Waals surface area (Å²) >= 11 is 0. The molecule has 2 rings (SSSR count). The van der Waals surface area contributed by atoms with Gasteiger partial charge in [-0.15, -0.1) is 0 Å². The first-order chi connectivity index (χ1) is 8.32. The fraction of sp³-hybridized carbons (Fsp3) is 0.692. The van der Waals surface area contributed by atoms with Crippen molar-refractivity contribution in [2.75, 3.05) is 26.9 Å². The first kappa shape index (κ1) is 12.6. The molecule has 2 heterocycles. The van der Waals surface area contributed by atoms with Crippen LogP contribution in [0, 0.1) is 0 Å². The number of ether oxygens (including phenoxy) is 2. The van der Waals surface area contributed by atoms with Crippen LogP contribution in [0.1, 0.15) is 31.6 Å². The van der Waals surface area contributed by atoms with Gasteiger partial charge in [-0.3, -0.25) is 0 Å². The average Bonchev–Trinajstić information content (AvgIpc) is 2.90. The Kier molecular flexibility index (Phi) is 4.20. The van der Waals surface area contributed by atoms with E-state index >= 15 is 0 Å². The van der Waals surface area contributed by atoms with E-state index in [1.807, 2.05) is 12.1 Å². The summed E-state index contributed by atoms with van der Waals surface area (Å²) in [6, 6.07) is 4.02. The zero-order valence-electron chi connectivity index (χ0n) is 10.6. The Labute approximate surface area is 102 Å². The maximum atomic E-state index is 5.81. The number of hydrogen-bond donors (Lipinski definition) is 1. The molecule has 1 aromatic heterocycles. The summed E-state index contributed by atoms with van der Waals surface area (Å²) in [7, 11) is 1.78. The molecule has 1 fully saturated rings. The minimum Gasteiger partial charge on any atom is -0.468 e. The molecular formula is C13H21NO3. The van der Waals surface area contributed by atoms with Crippen molar-refractivity contribution in [1.29, 1.82) is 0 Å². The third-order valence-corrected chi connectivity index (χ3v) is 3.51. The van der Waals surface area contributed by atoms with E-state index < -0.39 is 0 Å². The highest BCUT2D eigenvalue weighted by Crippen LogP contribution is 2.37. The summed E-state index contributed by atoms with van der Waals surface area (Å²) < 4.78 is 16.8. The van der Waals surface area contributed by atoms with Gasteiger partial charge in [0.25, 0.3) is 0 Å². The summed E-state index contributed by atoms with van der Waals surface area (Å²) in [5.41, 5.74) is -0.216. The van der Waals surface area contributed by atoms with E-state index in [0.29, 0.717) is 0 Å². The van der Waals surface area contributed by atoms with Gasteiger partial charge in [-0.05, 0) is 18.7 Å². The zero-order valence-corrected chi connectivity index (χ0v) is 10.6. The molecule has 4 nitrogen and oxygen atoms in total. The summed E-state index contributed by atoms with van der Waals surface area (Å²) in [6.45, 7) is 4.48.